The molecule has 3 rings (SSSR count). The summed E-state index contributed by atoms with van der Waals surface area (Å²) in [6.45, 7) is 0. The topological polar surface area (TPSA) is 102 Å². The zero-order valence-electron chi connectivity index (χ0n) is 13.2. The van der Waals surface area contributed by atoms with E-state index < -0.39 is 50.5 Å². The molecule has 0 saturated carbocycles. The van der Waals surface area contributed by atoms with Crippen LogP contribution in [0.25, 0.3) is 11.0 Å². The van der Waals surface area contributed by atoms with E-state index in [0.29, 0.717) is 6.07 Å². The molecule has 138 valence electrons. The van der Waals surface area contributed by atoms with E-state index in [0.717, 1.165) is 6.07 Å². The third kappa shape index (κ3) is 3.64. The minimum Gasteiger partial charge on any atom is -0.433 e. The van der Waals surface area contributed by atoms with E-state index in [1.807, 2.05) is 0 Å². The Morgan fingerprint density at radius 2 is 1.78 bits per heavy atom. The average Bonchev–Trinajstić information content (AvgIpc) is 2.60. The van der Waals surface area contributed by atoms with Crippen molar-refractivity contribution in [1.82, 2.24) is 0 Å². The lowest BCUT2D eigenvalue weighted by atomic mass is 10.1. The van der Waals surface area contributed by atoms with Gasteiger partial charge in [0.05, 0.1) is 15.9 Å². The summed E-state index contributed by atoms with van der Waals surface area (Å²) in [7, 11) is 0. The minimum absolute atomic E-state index is 0.224. The van der Waals surface area contributed by atoms with Crippen molar-refractivity contribution < 1.29 is 27.3 Å². The number of nitro groups is 1. The van der Waals surface area contributed by atoms with Crippen molar-refractivity contribution in [1.29, 1.82) is 0 Å². The fourth-order valence-electron chi connectivity index (χ4n) is 2.37. The Balaban J connectivity index is 2.13. The zero-order chi connectivity index (χ0) is 19.8. The Kier molecular flexibility index (Phi) is 4.40. The van der Waals surface area contributed by atoms with Crippen LogP contribution in [0.15, 0.2) is 57.7 Å². The van der Waals surface area contributed by atoms with Gasteiger partial charge in [-0.1, -0.05) is 18.2 Å². The first-order valence-corrected chi connectivity index (χ1v) is 7.36. The van der Waals surface area contributed by atoms with Crippen molar-refractivity contribution in [3.63, 3.8) is 0 Å². The highest BCUT2D eigenvalue weighted by molar-refractivity contribution is 6.03. The van der Waals surface area contributed by atoms with Crippen molar-refractivity contribution in [3.05, 3.63) is 80.0 Å². The highest BCUT2D eigenvalue weighted by Gasteiger charge is 2.34. The molecule has 0 fully saturated rings. The zero-order valence-corrected chi connectivity index (χ0v) is 13.2. The number of amides is 1. The van der Waals surface area contributed by atoms with Gasteiger partial charge in [-0.25, -0.2) is 0 Å². The summed E-state index contributed by atoms with van der Waals surface area (Å²) in [6.07, 6.45) is -4.88. The maximum atomic E-state index is 12.9. The maximum absolute atomic E-state index is 12.9. The summed E-state index contributed by atoms with van der Waals surface area (Å²) in [5.41, 5.74) is -3.79. The SMILES string of the molecule is O=C(Nc1cc(=O)c2cc(C(F)(F)F)cc([N+](=O)[O-])c2o1)c1ccccc1. The number of hydrogen-bond acceptors (Lipinski definition) is 5. The van der Waals surface area contributed by atoms with Crippen LogP contribution in [0, 0.1) is 10.1 Å². The number of anilines is 1. The Bertz CT molecular complexity index is 1110. The molecule has 0 aliphatic carbocycles. The van der Waals surface area contributed by atoms with Crippen LogP contribution in [-0.2, 0) is 6.18 Å². The molecule has 1 aromatic heterocycles. The summed E-state index contributed by atoms with van der Waals surface area (Å²) in [6, 6.07) is 9.32. The molecule has 0 atom stereocenters. The second kappa shape index (κ2) is 6.56. The first kappa shape index (κ1) is 18.1. The van der Waals surface area contributed by atoms with Gasteiger partial charge in [-0.2, -0.15) is 13.2 Å². The monoisotopic (exact) mass is 378 g/mol. The number of carbonyl (C=O) groups is 1. The Labute approximate surface area is 148 Å². The molecule has 0 radical (unpaired) electrons. The van der Waals surface area contributed by atoms with Crippen LogP contribution in [0.3, 0.4) is 0 Å². The molecule has 10 heteroatoms. The number of halogens is 3. The molecule has 0 bridgehead atoms. The minimum atomic E-state index is -4.88. The highest BCUT2D eigenvalue weighted by Crippen LogP contribution is 2.36. The van der Waals surface area contributed by atoms with Crippen molar-refractivity contribution in [2.75, 3.05) is 5.32 Å². The molecule has 0 spiro atoms. The molecule has 0 aliphatic rings. The van der Waals surface area contributed by atoms with E-state index in [2.05, 4.69) is 5.32 Å². The standard InChI is InChI=1S/C17H9F3N2O5/c18-17(19,20)10-6-11-13(23)8-14(27-15(11)12(7-10)22(25)26)21-16(24)9-4-2-1-3-5-9/h1-8H,(H,21,24). The van der Waals surface area contributed by atoms with E-state index >= 15 is 0 Å². The van der Waals surface area contributed by atoms with Gasteiger partial charge in [0.1, 0.15) is 0 Å². The van der Waals surface area contributed by atoms with Crippen LogP contribution in [-0.4, -0.2) is 10.8 Å². The van der Waals surface area contributed by atoms with Crippen LogP contribution in [0.4, 0.5) is 24.7 Å². The fourth-order valence-corrected chi connectivity index (χ4v) is 2.37. The summed E-state index contributed by atoms with van der Waals surface area (Å²) in [5.74, 6) is -1.09. The number of non-ortho nitro benzene ring substituents is 1. The van der Waals surface area contributed by atoms with Crippen LogP contribution >= 0.6 is 0 Å². The molecule has 0 aliphatic heterocycles. The number of hydrogen-bond donors (Lipinski definition) is 1. The molecule has 0 saturated heterocycles. The molecule has 1 N–H and O–H groups in total. The summed E-state index contributed by atoms with van der Waals surface area (Å²) < 4.78 is 43.9. The number of carbonyl (C=O) groups excluding carboxylic acids is 1. The van der Waals surface area contributed by atoms with Gasteiger partial charge in [0.25, 0.3) is 5.91 Å². The maximum Gasteiger partial charge on any atom is 0.416 e. The summed E-state index contributed by atoms with van der Waals surface area (Å²) in [4.78, 5) is 34.3. The van der Waals surface area contributed by atoms with Gasteiger partial charge in [-0.05, 0) is 18.2 Å². The molecule has 2 aromatic carbocycles. The number of alkyl halides is 3. The number of rotatable bonds is 3. The second-order valence-corrected chi connectivity index (χ2v) is 5.42. The molecule has 1 amide bonds. The predicted octanol–water partition coefficient (Wildman–Crippen LogP) is 3.97. The van der Waals surface area contributed by atoms with Crippen molar-refractivity contribution in [3.8, 4) is 0 Å². The summed E-state index contributed by atoms with van der Waals surface area (Å²) in [5, 5.41) is 12.8. The smallest absolute Gasteiger partial charge is 0.416 e. The Morgan fingerprint density at radius 1 is 1.11 bits per heavy atom. The molecule has 7 nitrogen and oxygen atoms in total. The third-order valence-corrected chi connectivity index (χ3v) is 3.61. The lowest BCUT2D eigenvalue weighted by Crippen LogP contribution is -2.14. The molecule has 1 heterocycles. The van der Waals surface area contributed by atoms with Gasteiger partial charge in [-0.15, -0.1) is 0 Å². The van der Waals surface area contributed by atoms with Gasteiger partial charge >= 0.3 is 11.9 Å². The fraction of sp³-hybridized carbons (Fsp3) is 0.0588. The Morgan fingerprint density at radius 3 is 2.37 bits per heavy atom. The molecule has 27 heavy (non-hydrogen) atoms. The third-order valence-electron chi connectivity index (χ3n) is 3.61. The van der Waals surface area contributed by atoms with E-state index in [1.165, 1.54) is 12.1 Å². The normalized spacial score (nSPS) is 11.4. The number of fused-ring (bicyclic) bond motifs is 1. The number of nitrogens with zero attached hydrogens (tertiary/aromatic N) is 1. The van der Waals surface area contributed by atoms with Crippen molar-refractivity contribution in [2.24, 2.45) is 0 Å². The molecular formula is C17H9F3N2O5. The number of nitro benzene ring substituents is 1. The van der Waals surface area contributed by atoms with Gasteiger partial charge in [-0.3, -0.25) is 25.0 Å². The first-order valence-electron chi connectivity index (χ1n) is 7.36. The highest BCUT2D eigenvalue weighted by atomic mass is 19.4. The molecule has 3 aromatic rings. The van der Waals surface area contributed by atoms with Crippen molar-refractivity contribution >= 4 is 28.4 Å². The lowest BCUT2D eigenvalue weighted by Gasteiger charge is -2.09. The van der Waals surface area contributed by atoms with E-state index in [-0.39, 0.29) is 11.6 Å². The summed E-state index contributed by atoms with van der Waals surface area (Å²) >= 11 is 0. The van der Waals surface area contributed by atoms with Crippen molar-refractivity contribution in [2.45, 2.75) is 6.18 Å². The van der Waals surface area contributed by atoms with Gasteiger partial charge in [0, 0.05) is 17.7 Å². The van der Waals surface area contributed by atoms with Gasteiger partial charge in [0.15, 0.2) is 5.43 Å². The van der Waals surface area contributed by atoms with E-state index in [1.54, 1.807) is 18.2 Å². The average molecular weight is 378 g/mol. The second-order valence-electron chi connectivity index (χ2n) is 5.42. The molecular weight excluding hydrogens is 369 g/mol. The van der Waals surface area contributed by atoms with Crippen LogP contribution in [0.1, 0.15) is 15.9 Å². The van der Waals surface area contributed by atoms with Crippen LogP contribution in [0.5, 0.6) is 0 Å². The Hall–Kier alpha value is -3.69. The lowest BCUT2D eigenvalue weighted by molar-refractivity contribution is -0.383. The van der Waals surface area contributed by atoms with Gasteiger partial charge in [0.2, 0.25) is 11.5 Å². The van der Waals surface area contributed by atoms with E-state index in [4.69, 9.17) is 4.42 Å². The molecule has 0 unspecified atom stereocenters. The predicted molar refractivity (Wildman–Crippen MR) is 88.5 cm³/mol. The van der Waals surface area contributed by atoms with E-state index in [9.17, 15) is 32.9 Å². The largest absolute Gasteiger partial charge is 0.433 e. The van der Waals surface area contributed by atoms with Crippen LogP contribution < -0.4 is 10.7 Å². The van der Waals surface area contributed by atoms with Gasteiger partial charge < -0.3 is 4.42 Å². The number of benzene rings is 2. The van der Waals surface area contributed by atoms with Crippen LogP contribution in [0.2, 0.25) is 0 Å². The first-order chi connectivity index (χ1) is 12.7. The number of nitrogens with one attached hydrogen (secondary N) is 1. The quantitative estimate of drug-likeness (QED) is 0.549.